The Morgan fingerprint density at radius 2 is 1.65 bits per heavy atom. The van der Waals surface area contributed by atoms with E-state index >= 15 is 0 Å². The van der Waals surface area contributed by atoms with Gasteiger partial charge in [0, 0.05) is 50.9 Å². The molecule has 1 saturated carbocycles. The van der Waals surface area contributed by atoms with Gasteiger partial charge in [0.25, 0.3) is 0 Å². The lowest BCUT2D eigenvalue weighted by molar-refractivity contribution is -0.136. The van der Waals surface area contributed by atoms with Crippen LogP contribution in [0.4, 0.5) is 4.79 Å². The Kier molecular flexibility index (Phi) is 15.7. The number of aryl methyl sites for hydroxylation is 2. The van der Waals surface area contributed by atoms with Crippen molar-refractivity contribution in [1.29, 1.82) is 0 Å². The van der Waals surface area contributed by atoms with Crippen molar-refractivity contribution in [1.82, 2.24) is 15.2 Å². The Morgan fingerprint density at radius 1 is 0.962 bits per heavy atom. The molecule has 1 aliphatic rings. The van der Waals surface area contributed by atoms with Crippen molar-refractivity contribution >= 4 is 45.0 Å². The molecule has 0 bridgehead atoms. The fourth-order valence-electron chi connectivity index (χ4n) is 5.60. The van der Waals surface area contributed by atoms with Gasteiger partial charge in [0.05, 0.1) is 28.3 Å². The van der Waals surface area contributed by atoms with Gasteiger partial charge in [-0.15, -0.1) is 0 Å². The van der Waals surface area contributed by atoms with Crippen molar-refractivity contribution in [2.24, 2.45) is 5.92 Å². The van der Waals surface area contributed by atoms with E-state index in [2.05, 4.69) is 10.3 Å². The molecule has 0 spiro atoms. The number of amides is 2. The number of ether oxygens (including phenoxy) is 4. The van der Waals surface area contributed by atoms with Crippen LogP contribution in [0.25, 0.3) is 0 Å². The maximum absolute atomic E-state index is 14.2. The van der Waals surface area contributed by atoms with E-state index in [4.69, 9.17) is 42.1 Å². The average Bonchev–Trinajstić information content (AvgIpc) is 3.92. The quantitative estimate of drug-likeness (QED) is 0.113. The number of benzene rings is 2. The Hall–Kier alpha value is -3.78. The summed E-state index contributed by atoms with van der Waals surface area (Å²) in [6.07, 6.45) is 3.69. The zero-order chi connectivity index (χ0) is 37.7. The molecule has 0 saturated heterocycles. The number of hydrogen-bond acceptors (Lipinski definition) is 9. The van der Waals surface area contributed by atoms with Gasteiger partial charge in [-0.1, -0.05) is 35.3 Å². The molecule has 1 atom stereocenters. The number of nitrogens with one attached hydrogen (secondary N) is 1. The van der Waals surface area contributed by atoms with Gasteiger partial charge in [-0.2, -0.15) is 0 Å². The third kappa shape index (κ3) is 14.0. The second kappa shape index (κ2) is 19.9. The summed E-state index contributed by atoms with van der Waals surface area (Å²) in [4.78, 5) is 32.1. The highest BCUT2D eigenvalue weighted by atomic mass is 35.5. The second-order valence-electron chi connectivity index (χ2n) is 12.9. The lowest BCUT2D eigenvalue weighted by atomic mass is 9.97. The summed E-state index contributed by atoms with van der Waals surface area (Å²) in [5.41, 5.74) is 3.37. The van der Waals surface area contributed by atoms with Gasteiger partial charge in [-0.05, 0) is 92.5 Å². The first kappa shape index (κ1) is 41.0. The van der Waals surface area contributed by atoms with E-state index in [1.54, 1.807) is 37.4 Å². The van der Waals surface area contributed by atoms with Gasteiger partial charge in [0.1, 0.15) is 28.8 Å². The number of aromatic nitrogens is 1. The minimum absolute atomic E-state index is 0.00773. The van der Waals surface area contributed by atoms with Crippen LogP contribution in [-0.4, -0.2) is 93.5 Å². The predicted octanol–water partition coefficient (Wildman–Crippen LogP) is 6.16. The molecule has 0 radical (unpaired) electrons. The molecule has 1 aliphatic carbocycles. The number of pyridine rings is 1. The Labute approximate surface area is 315 Å². The van der Waals surface area contributed by atoms with E-state index in [-0.39, 0.29) is 44.1 Å². The van der Waals surface area contributed by atoms with Crippen molar-refractivity contribution in [3.63, 3.8) is 0 Å². The number of carbonyl (C=O) groups excluding carboxylic acids is 1. The van der Waals surface area contributed by atoms with Gasteiger partial charge < -0.3 is 34.3 Å². The summed E-state index contributed by atoms with van der Waals surface area (Å²) in [7, 11) is -1.48. The maximum atomic E-state index is 14.2. The third-order valence-electron chi connectivity index (χ3n) is 8.22. The molecule has 2 amide bonds. The Balaban J connectivity index is 1.42. The molecule has 12 nitrogen and oxygen atoms in total. The molecule has 2 N–H and O–H groups in total. The van der Waals surface area contributed by atoms with Crippen molar-refractivity contribution in [2.75, 3.05) is 52.1 Å². The zero-order valence-electron chi connectivity index (χ0n) is 29.7. The number of carbonyl (C=O) groups is 2. The van der Waals surface area contributed by atoms with Crippen LogP contribution in [0.5, 0.6) is 17.4 Å². The van der Waals surface area contributed by atoms with Gasteiger partial charge in [0.15, 0.2) is 5.75 Å². The lowest BCUT2D eigenvalue weighted by Gasteiger charge is -2.28. The Morgan fingerprint density at radius 3 is 2.29 bits per heavy atom. The molecule has 15 heteroatoms. The fraction of sp³-hybridized carbons (Fsp3) is 0.486. The highest BCUT2D eigenvalue weighted by Gasteiger charge is 2.36. The number of sulfone groups is 1. The molecule has 4 rings (SSSR count). The van der Waals surface area contributed by atoms with E-state index in [0.717, 1.165) is 41.6 Å². The smallest absolute Gasteiger partial charge is 0.404 e. The van der Waals surface area contributed by atoms with Crippen LogP contribution in [0.15, 0.2) is 48.5 Å². The lowest BCUT2D eigenvalue weighted by Crippen LogP contribution is -2.43. The minimum Gasteiger partial charge on any atom is -0.490 e. The highest BCUT2D eigenvalue weighted by molar-refractivity contribution is 7.90. The molecular weight excluding hydrogens is 733 g/mol. The largest absolute Gasteiger partial charge is 0.490 e. The molecule has 3 aromatic rings. The normalized spacial score (nSPS) is 13.3. The van der Waals surface area contributed by atoms with Crippen LogP contribution in [0.2, 0.25) is 10.0 Å². The first-order chi connectivity index (χ1) is 24.8. The van der Waals surface area contributed by atoms with Crippen LogP contribution >= 0.6 is 23.2 Å². The van der Waals surface area contributed by atoms with E-state index < -0.39 is 21.8 Å². The van der Waals surface area contributed by atoms with E-state index in [0.29, 0.717) is 59.8 Å². The molecular formula is C37H47Cl2N3O9S. The van der Waals surface area contributed by atoms with Crippen molar-refractivity contribution < 1.29 is 42.1 Å². The summed E-state index contributed by atoms with van der Waals surface area (Å²) in [5.74, 6) is 0.565. The first-order valence-corrected chi connectivity index (χ1v) is 20.0. The molecule has 1 aromatic heterocycles. The summed E-state index contributed by atoms with van der Waals surface area (Å²) in [5, 5.41) is 12.7. The minimum atomic E-state index is -3.12. The Bertz CT molecular complexity index is 1730. The van der Waals surface area contributed by atoms with Crippen molar-refractivity contribution in [3.8, 4) is 17.4 Å². The van der Waals surface area contributed by atoms with Crippen molar-refractivity contribution in [3.05, 3.63) is 81.0 Å². The standard InChI is InChI=1S/C37H47Cl2N3O9S/c1-25-18-32(38)35(33(39)19-25)51-16-15-49-31-11-7-26(8-12-31)20-28(23-40-37(44)45)36(43)42(30-9-10-30)24-27-21-29(6-4-13-48-2)41-34(22-27)50-14-5-17-52(3,46)47/h7-8,11-12,18-19,21-22,28,30,40H,4-6,9-10,13-17,20,23-24H2,1-3H3,(H,44,45). The summed E-state index contributed by atoms with van der Waals surface area (Å²) in [6, 6.07) is 14.6. The van der Waals surface area contributed by atoms with E-state index in [1.165, 1.54) is 6.26 Å². The fourth-order valence-corrected chi connectivity index (χ4v) is 6.95. The molecule has 1 unspecified atom stereocenters. The summed E-state index contributed by atoms with van der Waals surface area (Å²) in [6.45, 7) is 3.35. The van der Waals surface area contributed by atoms with E-state index in [1.807, 2.05) is 30.0 Å². The molecule has 2 aromatic carbocycles. The first-order valence-electron chi connectivity index (χ1n) is 17.2. The topological polar surface area (TPSA) is 154 Å². The third-order valence-corrected chi connectivity index (χ3v) is 9.82. The van der Waals surface area contributed by atoms with Crippen LogP contribution < -0.4 is 19.5 Å². The number of rotatable bonds is 22. The van der Waals surface area contributed by atoms with E-state index in [9.17, 15) is 23.1 Å². The van der Waals surface area contributed by atoms with Gasteiger partial charge in [-0.3, -0.25) is 4.79 Å². The molecule has 52 heavy (non-hydrogen) atoms. The summed E-state index contributed by atoms with van der Waals surface area (Å²) >= 11 is 12.5. The molecule has 1 heterocycles. The number of halogens is 2. The molecule has 1 fully saturated rings. The summed E-state index contributed by atoms with van der Waals surface area (Å²) < 4.78 is 45.7. The molecule has 284 valence electrons. The SMILES string of the molecule is COCCCc1cc(CN(C(=O)C(CNC(=O)O)Cc2ccc(OCCOc3c(Cl)cc(C)cc3Cl)cc2)C2CC2)cc(OCCCS(C)(=O)=O)n1. The maximum Gasteiger partial charge on any atom is 0.404 e. The monoisotopic (exact) mass is 779 g/mol. The molecule has 0 aliphatic heterocycles. The van der Waals surface area contributed by atoms with Gasteiger partial charge in [-0.25, -0.2) is 18.2 Å². The van der Waals surface area contributed by atoms with Crippen LogP contribution in [0.3, 0.4) is 0 Å². The van der Waals surface area contributed by atoms with Gasteiger partial charge in [0.2, 0.25) is 11.8 Å². The van der Waals surface area contributed by atoms with Crippen LogP contribution in [0, 0.1) is 12.8 Å². The van der Waals surface area contributed by atoms with Crippen LogP contribution in [-0.2, 0) is 38.8 Å². The second-order valence-corrected chi connectivity index (χ2v) is 16.0. The number of hydrogen-bond donors (Lipinski definition) is 2. The highest BCUT2D eigenvalue weighted by Crippen LogP contribution is 2.34. The number of methoxy groups -OCH3 is 1. The number of nitrogens with zero attached hydrogens (tertiary/aromatic N) is 2. The van der Waals surface area contributed by atoms with Crippen molar-refractivity contribution in [2.45, 2.75) is 58.0 Å². The zero-order valence-corrected chi connectivity index (χ0v) is 32.1. The number of carboxylic acid groups (broad SMARTS) is 1. The predicted molar refractivity (Wildman–Crippen MR) is 200 cm³/mol. The van der Waals surface area contributed by atoms with Gasteiger partial charge >= 0.3 is 6.09 Å². The van der Waals surface area contributed by atoms with Crippen LogP contribution in [0.1, 0.15) is 48.1 Å². The average molecular weight is 781 g/mol.